The highest BCUT2D eigenvalue weighted by atomic mass is 35.5. The second-order valence-corrected chi connectivity index (χ2v) is 4.60. The Morgan fingerprint density at radius 3 is 2.86 bits per heavy atom. The second kappa shape index (κ2) is 4.33. The fraction of sp³-hybridized carbons (Fsp3) is 0.500. The first-order valence-corrected chi connectivity index (χ1v) is 5.54. The molecule has 0 saturated heterocycles. The van der Waals surface area contributed by atoms with Gasteiger partial charge in [0.15, 0.2) is 0 Å². The van der Waals surface area contributed by atoms with E-state index in [4.69, 9.17) is 11.6 Å². The molecule has 1 saturated carbocycles. The zero-order valence-electron chi connectivity index (χ0n) is 8.12. The van der Waals surface area contributed by atoms with Crippen LogP contribution in [0.5, 0.6) is 0 Å². The van der Waals surface area contributed by atoms with Crippen LogP contribution in [0.1, 0.15) is 24.8 Å². The molecule has 0 heterocycles. The summed E-state index contributed by atoms with van der Waals surface area (Å²) in [5, 5.41) is 10.2. The average Bonchev–Trinajstić information content (AvgIpc) is 2.51. The Morgan fingerprint density at radius 1 is 1.36 bits per heavy atom. The summed E-state index contributed by atoms with van der Waals surface area (Å²) in [5.41, 5.74) is 1.29. The molecule has 0 spiro atoms. The van der Waals surface area contributed by atoms with Crippen molar-refractivity contribution in [3.8, 4) is 0 Å². The molecule has 2 atom stereocenters. The van der Waals surface area contributed by atoms with Crippen LogP contribution in [-0.4, -0.2) is 11.2 Å². The van der Waals surface area contributed by atoms with Crippen LogP contribution in [0.3, 0.4) is 0 Å². The van der Waals surface area contributed by atoms with Gasteiger partial charge in [0.05, 0.1) is 6.10 Å². The molecule has 76 valence electrons. The molecule has 1 fully saturated rings. The molecule has 1 aliphatic rings. The first-order chi connectivity index (χ1) is 6.74. The first-order valence-electron chi connectivity index (χ1n) is 5.16. The maximum atomic E-state index is 9.41. The molecule has 0 aromatic heterocycles. The smallest absolute Gasteiger partial charge is 0.0543 e. The van der Waals surface area contributed by atoms with Gasteiger partial charge in [0, 0.05) is 5.02 Å². The lowest BCUT2D eigenvalue weighted by Crippen LogP contribution is -2.03. The van der Waals surface area contributed by atoms with Crippen LogP contribution in [0.4, 0.5) is 0 Å². The number of halogens is 1. The topological polar surface area (TPSA) is 20.2 Å². The van der Waals surface area contributed by atoms with Crippen molar-refractivity contribution in [2.24, 2.45) is 5.92 Å². The maximum Gasteiger partial charge on any atom is 0.0543 e. The zero-order valence-corrected chi connectivity index (χ0v) is 8.87. The summed E-state index contributed by atoms with van der Waals surface area (Å²) in [6.45, 7) is 0. The Hall–Kier alpha value is -0.530. The van der Waals surface area contributed by atoms with Gasteiger partial charge in [0.25, 0.3) is 0 Å². The molecule has 2 heteroatoms. The molecule has 1 aliphatic carbocycles. The van der Waals surface area contributed by atoms with Crippen LogP contribution in [-0.2, 0) is 6.42 Å². The van der Waals surface area contributed by atoms with E-state index in [0.717, 1.165) is 30.7 Å². The van der Waals surface area contributed by atoms with Crippen LogP contribution >= 0.6 is 11.6 Å². The monoisotopic (exact) mass is 210 g/mol. The minimum atomic E-state index is -0.0702. The molecule has 0 radical (unpaired) electrons. The van der Waals surface area contributed by atoms with E-state index in [0.29, 0.717) is 5.92 Å². The summed E-state index contributed by atoms with van der Waals surface area (Å²) < 4.78 is 0. The van der Waals surface area contributed by atoms with Gasteiger partial charge in [-0.2, -0.15) is 0 Å². The molecule has 0 bridgehead atoms. The Kier molecular flexibility index (Phi) is 3.09. The van der Waals surface area contributed by atoms with Gasteiger partial charge >= 0.3 is 0 Å². The summed E-state index contributed by atoms with van der Waals surface area (Å²) in [6.07, 6.45) is 4.04. The average molecular weight is 211 g/mol. The van der Waals surface area contributed by atoms with Gasteiger partial charge in [-0.25, -0.2) is 0 Å². The molecule has 1 aromatic rings. The molecule has 2 unspecified atom stereocenters. The van der Waals surface area contributed by atoms with E-state index >= 15 is 0 Å². The Bertz CT molecular complexity index is 311. The summed E-state index contributed by atoms with van der Waals surface area (Å²) in [4.78, 5) is 0. The summed E-state index contributed by atoms with van der Waals surface area (Å²) in [5.74, 6) is 0.642. The van der Waals surface area contributed by atoms with Gasteiger partial charge < -0.3 is 5.11 Å². The largest absolute Gasteiger partial charge is 0.393 e. The van der Waals surface area contributed by atoms with Gasteiger partial charge in [0.1, 0.15) is 0 Å². The van der Waals surface area contributed by atoms with Crippen molar-refractivity contribution in [1.82, 2.24) is 0 Å². The Labute approximate surface area is 89.7 Å². The zero-order chi connectivity index (χ0) is 9.97. The predicted octanol–water partition coefficient (Wildman–Crippen LogP) is 3.04. The normalized spacial score (nSPS) is 26.7. The third kappa shape index (κ3) is 2.49. The van der Waals surface area contributed by atoms with E-state index in [-0.39, 0.29) is 6.10 Å². The number of aliphatic hydroxyl groups is 1. The van der Waals surface area contributed by atoms with Gasteiger partial charge in [-0.3, -0.25) is 0 Å². The fourth-order valence-corrected chi connectivity index (χ4v) is 2.44. The third-order valence-corrected chi connectivity index (χ3v) is 3.16. The van der Waals surface area contributed by atoms with Crippen molar-refractivity contribution in [3.05, 3.63) is 34.9 Å². The lowest BCUT2D eigenvalue weighted by Gasteiger charge is -2.08. The van der Waals surface area contributed by atoms with E-state index in [1.54, 1.807) is 0 Å². The number of aliphatic hydroxyl groups excluding tert-OH is 1. The quantitative estimate of drug-likeness (QED) is 0.796. The molecular formula is C12H15ClO. The maximum absolute atomic E-state index is 9.41. The van der Waals surface area contributed by atoms with E-state index in [2.05, 4.69) is 6.07 Å². The Morgan fingerprint density at radius 2 is 2.21 bits per heavy atom. The summed E-state index contributed by atoms with van der Waals surface area (Å²) in [6, 6.07) is 8.01. The fourth-order valence-electron chi connectivity index (χ4n) is 2.23. The highest BCUT2D eigenvalue weighted by Crippen LogP contribution is 2.28. The lowest BCUT2D eigenvalue weighted by molar-refractivity contribution is 0.177. The van der Waals surface area contributed by atoms with Crippen LogP contribution in [0.15, 0.2) is 24.3 Å². The van der Waals surface area contributed by atoms with E-state index in [1.807, 2.05) is 18.2 Å². The highest BCUT2D eigenvalue weighted by molar-refractivity contribution is 6.30. The molecule has 1 aromatic carbocycles. The van der Waals surface area contributed by atoms with Crippen molar-refractivity contribution < 1.29 is 5.11 Å². The molecular weight excluding hydrogens is 196 g/mol. The minimum absolute atomic E-state index is 0.0702. The van der Waals surface area contributed by atoms with Gasteiger partial charge in [-0.1, -0.05) is 23.7 Å². The number of benzene rings is 1. The van der Waals surface area contributed by atoms with E-state index in [9.17, 15) is 5.11 Å². The summed E-state index contributed by atoms with van der Waals surface area (Å²) >= 11 is 5.91. The van der Waals surface area contributed by atoms with E-state index in [1.165, 1.54) is 5.56 Å². The number of hydrogen-bond donors (Lipinski definition) is 1. The van der Waals surface area contributed by atoms with Crippen molar-refractivity contribution >= 4 is 11.6 Å². The van der Waals surface area contributed by atoms with Gasteiger partial charge in [-0.15, -0.1) is 0 Å². The van der Waals surface area contributed by atoms with Crippen molar-refractivity contribution in [2.45, 2.75) is 31.8 Å². The predicted molar refractivity (Wildman–Crippen MR) is 58.5 cm³/mol. The van der Waals surface area contributed by atoms with Crippen LogP contribution < -0.4 is 0 Å². The minimum Gasteiger partial charge on any atom is -0.393 e. The first kappa shape index (κ1) is 10.0. The van der Waals surface area contributed by atoms with Crippen molar-refractivity contribution in [1.29, 1.82) is 0 Å². The summed E-state index contributed by atoms with van der Waals surface area (Å²) in [7, 11) is 0. The molecule has 0 aliphatic heterocycles. The van der Waals surface area contributed by atoms with Gasteiger partial charge in [-0.05, 0) is 49.3 Å². The SMILES string of the molecule is OC1CCC(Cc2cccc(Cl)c2)C1. The molecule has 14 heavy (non-hydrogen) atoms. The molecule has 1 nitrogen and oxygen atoms in total. The van der Waals surface area contributed by atoms with Crippen molar-refractivity contribution in [2.75, 3.05) is 0 Å². The van der Waals surface area contributed by atoms with E-state index < -0.39 is 0 Å². The molecule has 2 rings (SSSR count). The number of hydrogen-bond acceptors (Lipinski definition) is 1. The molecule has 1 N–H and O–H groups in total. The van der Waals surface area contributed by atoms with Gasteiger partial charge in [0.2, 0.25) is 0 Å². The Balaban J connectivity index is 1.97. The second-order valence-electron chi connectivity index (χ2n) is 4.17. The molecule has 0 amide bonds. The van der Waals surface area contributed by atoms with Crippen LogP contribution in [0.25, 0.3) is 0 Å². The standard InChI is InChI=1S/C12H15ClO/c13-11-3-1-2-9(7-11)6-10-4-5-12(14)8-10/h1-3,7,10,12,14H,4-6,8H2. The van der Waals surface area contributed by atoms with Crippen LogP contribution in [0, 0.1) is 5.92 Å². The third-order valence-electron chi connectivity index (χ3n) is 2.93. The lowest BCUT2D eigenvalue weighted by atomic mass is 9.98. The van der Waals surface area contributed by atoms with Crippen LogP contribution in [0.2, 0.25) is 5.02 Å². The highest BCUT2D eigenvalue weighted by Gasteiger charge is 2.22. The van der Waals surface area contributed by atoms with Crippen molar-refractivity contribution in [3.63, 3.8) is 0 Å². The number of rotatable bonds is 2.